The highest BCUT2D eigenvalue weighted by Crippen LogP contribution is 2.52. The third-order valence-corrected chi connectivity index (χ3v) is 8.35. The highest BCUT2D eigenvalue weighted by Gasteiger charge is 2.42. The Balaban J connectivity index is 1.17. The molecule has 1 heterocycles. The Kier molecular flexibility index (Phi) is 6.92. The Labute approximate surface area is 242 Å². The first-order valence-electron chi connectivity index (χ1n) is 14.5. The van der Waals surface area contributed by atoms with Crippen molar-refractivity contribution in [3.8, 4) is 0 Å². The van der Waals surface area contributed by atoms with Crippen LogP contribution in [-0.4, -0.2) is 12.3 Å². The van der Waals surface area contributed by atoms with Gasteiger partial charge in [0.1, 0.15) is 0 Å². The van der Waals surface area contributed by atoms with E-state index in [-0.39, 0.29) is 0 Å². The van der Waals surface area contributed by atoms with Gasteiger partial charge in [0.15, 0.2) is 0 Å². The van der Waals surface area contributed by atoms with Crippen LogP contribution in [0.3, 0.4) is 0 Å². The van der Waals surface area contributed by atoms with Crippen LogP contribution in [0.25, 0.3) is 11.6 Å². The molecule has 0 radical (unpaired) electrons. The molecule has 200 valence electrons. The molecule has 41 heavy (non-hydrogen) atoms. The van der Waals surface area contributed by atoms with Crippen molar-refractivity contribution in [1.29, 1.82) is 0 Å². The van der Waals surface area contributed by atoms with Gasteiger partial charge >= 0.3 is 0 Å². The number of para-hydroxylation sites is 1. The molecule has 1 aliphatic carbocycles. The van der Waals surface area contributed by atoms with E-state index in [1.54, 1.807) is 0 Å². The monoisotopic (exact) mass is 531 g/mol. The zero-order valence-electron chi connectivity index (χ0n) is 23.0. The lowest BCUT2D eigenvalue weighted by Crippen LogP contribution is -2.26. The third-order valence-electron chi connectivity index (χ3n) is 8.35. The van der Waals surface area contributed by atoms with Crippen molar-refractivity contribution in [1.82, 2.24) is 0 Å². The van der Waals surface area contributed by atoms with Gasteiger partial charge in [0.25, 0.3) is 0 Å². The molecular formula is C38H33N3. The molecule has 7 rings (SSSR count). The van der Waals surface area contributed by atoms with Crippen molar-refractivity contribution in [3.05, 3.63) is 161 Å². The lowest BCUT2D eigenvalue weighted by molar-refractivity contribution is 0.642. The van der Waals surface area contributed by atoms with Crippen LogP contribution in [-0.2, 0) is 0 Å². The zero-order chi connectivity index (χ0) is 27.4. The summed E-state index contributed by atoms with van der Waals surface area (Å²) >= 11 is 0. The smallest absolute Gasteiger partial charge is 0.0561 e. The molecule has 2 aliphatic rings. The summed E-state index contributed by atoms with van der Waals surface area (Å²) in [7, 11) is 0. The van der Waals surface area contributed by atoms with E-state index in [0.29, 0.717) is 12.0 Å². The summed E-state index contributed by atoms with van der Waals surface area (Å²) < 4.78 is 0. The summed E-state index contributed by atoms with van der Waals surface area (Å²) in [5.41, 5.74) is 14.2. The summed E-state index contributed by atoms with van der Waals surface area (Å²) in [5, 5.41) is 4.48. The van der Waals surface area contributed by atoms with E-state index in [4.69, 9.17) is 0 Å². The molecular weight excluding hydrogens is 498 g/mol. The van der Waals surface area contributed by atoms with E-state index < -0.39 is 0 Å². The van der Waals surface area contributed by atoms with Gasteiger partial charge in [-0.05, 0) is 88.7 Å². The predicted molar refractivity (Wildman–Crippen MR) is 173 cm³/mol. The molecule has 3 heteroatoms. The molecule has 1 aliphatic heterocycles. The summed E-state index contributed by atoms with van der Waals surface area (Å²) in [6.45, 7) is 0. The van der Waals surface area contributed by atoms with E-state index in [9.17, 15) is 0 Å². The molecule has 5 aromatic carbocycles. The van der Waals surface area contributed by atoms with Crippen LogP contribution >= 0.6 is 0 Å². The molecule has 1 saturated carbocycles. The number of nitrogens with one attached hydrogen (secondary N) is 1. The fourth-order valence-corrected chi connectivity index (χ4v) is 6.45. The van der Waals surface area contributed by atoms with E-state index in [1.165, 1.54) is 58.5 Å². The first-order valence-corrected chi connectivity index (χ1v) is 14.5. The van der Waals surface area contributed by atoms with Gasteiger partial charge in [0, 0.05) is 23.3 Å². The summed E-state index contributed by atoms with van der Waals surface area (Å²) in [5.74, 6) is 0.572. The van der Waals surface area contributed by atoms with Gasteiger partial charge in [-0.1, -0.05) is 103 Å². The van der Waals surface area contributed by atoms with E-state index in [1.807, 2.05) is 36.5 Å². The van der Waals surface area contributed by atoms with Gasteiger partial charge in [-0.15, -0.1) is 0 Å². The second-order valence-corrected chi connectivity index (χ2v) is 10.9. The molecule has 1 fully saturated rings. The fraction of sp³-hybridized carbons (Fsp3) is 0.132. The Morgan fingerprint density at radius 1 is 0.683 bits per heavy atom. The number of benzene rings is 5. The van der Waals surface area contributed by atoms with E-state index in [2.05, 4.69) is 125 Å². The first-order chi connectivity index (χ1) is 20.3. The Bertz CT molecular complexity index is 1630. The number of rotatable bonds is 7. The highest BCUT2D eigenvalue weighted by molar-refractivity contribution is 5.91. The van der Waals surface area contributed by atoms with Gasteiger partial charge in [-0.25, -0.2) is 0 Å². The molecule has 0 aromatic heterocycles. The summed E-state index contributed by atoms with van der Waals surface area (Å²) in [6, 6.07) is 47.8. The Morgan fingerprint density at radius 2 is 1.32 bits per heavy atom. The number of nitrogens with zero attached hydrogens (tertiary/aromatic N) is 2. The molecule has 0 spiro atoms. The number of hydrazone groups is 1. The van der Waals surface area contributed by atoms with Crippen molar-refractivity contribution in [2.75, 3.05) is 10.3 Å². The minimum Gasteiger partial charge on any atom is -0.338 e. The molecule has 2 atom stereocenters. The normalized spacial score (nSPS) is 17.3. The van der Waals surface area contributed by atoms with Crippen LogP contribution in [0.5, 0.6) is 0 Å². The summed E-state index contributed by atoms with van der Waals surface area (Å²) in [6.07, 6.45) is 7.98. The van der Waals surface area contributed by atoms with Crippen molar-refractivity contribution < 1.29 is 0 Å². The molecule has 2 unspecified atom stereocenters. The lowest BCUT2D eigenvalue weighted by atomic mass is 9.95. The lowest BCUT2D eigenvalue weighted by Gasteiger charge is -2.27. The molecule has 0 saturated heterocycles. The van der Waals surface area contributed by atoms with Gasteiger partial charge in [-0.3, -0.25) is 5.43 Å². The molecule has 3 nitrogen and oxygen atoms in total. The van der Waals surface area contributed by atoms with Crippen LogP contribution in [0.1, 0.15) is 53.0 Å². The Morgan fingerprint density at radius 3 is 2.00 bits per heavy atom. The second-order valence-electron chi connectivity index (χ2n) is 10.9. The fourth-order valence-electron chi connectivity index (χ4n) is 6.45. The molecule has 1 N–H and O–H groups in total. The van der Waals surface area contributed by atoms with Gasteiger partial charge < -0.3 is 4.90 Å². The topological polar surface area (TPSA) is 27.6 Å². The zero-order valence-corrected chi connectivity index (χ0v) is 23.0. The number of anilines is 3. The van der Waals surface area contributed by atoms with Crippen LogP contribution in [0.4, 0.5) is 17.1 Å². The van der Waals surface area contributed by atoms with Crippen LogP contribution in [0.15, 0.2) is 139 Å². The van der Waals surface area contributed by atoms with Crippen molar-refractivity contribution in [3.63, 3.8) is 0 Å². The van der Waals surface area contributed by atoms with Crippen molar-refractivity contribution in [2.24, 2.45) is 5.10 Å². The quantitative estimate of drug-likeness (QED) is 0.129. The SMILES string of the molecule is C(=NNc1ccccc1)c1ccc2c(c1)C1CCCC1N2c1ccc(C=C(c2ccccc2)c2ccccc2)cc1. The average Bonchev–Trinajstić information content (AvgIpc) is 3.63. The first kappa shape index (κ1) is 25.1. The average molecular weight is 532 g/mol. The highest BCUT2D eigenvalue weighted by atomic mass is 15.3. The minimum atomic E-state index is 0.519. The molecule has 0 bridgehead atoms. The summed E-state index contributed by atoms with van der Waals surface area (Å²) in [4.78, 5) is 2.58. The Hall–Kier alpha value is -4.89. The van der Waals surface area contributed by atoms with Gasteiger partial charge in [0.05, 0.1) is 11.9 Å². The maximum absolute atomic E-state index is 4.48. The van der Waals surface area contributed by atoms with E-state index in [0.717, 1.165) is 11.3 Å². The van der Waals surface area contributed by atoms with Gasteiger partial charge in [-0.2, -0.15) is 5.10 Å². The van der Waals surface area contributed by atoms with Crippen LogP contribution < -0.4 is 10.3 Å². The van der Waals surface area contributed by atoms with Crippen molar-refractivity contribution in [2.45, 2.75) is 31.2 Å². The number of hydrogen-bond acceptors (Lipinski definition) is 3. The van der Waals surface area contributed by atoms with E-state index >= 15 is 0 Å². The van der Waals surface area contributed by atoms with Crippen LogP contribution in [0.2, 0.25) is 0 Å². The maximum atomic E-state index is 4.48. The number of hydrogen-bond donors (Lipinski definition) is 1. The minimum absolute atomic E-state index is 0.519. The second kappa shape index (κ2) is 11.3. The predicted octanol–water partition coefficient (Wildman–Crippen LogP) is 9.51. The van der Waals surface area contributed by atoms with Crippen LogP contribution in [0, 0.1) is 0 Å². The maximum Gasteiger partial charge on any atom is 0.0561 e. The standard InChI is InChI=1S/C38H33N3/c1-4-11-30(12-5-1)35(31-13-6-2-7-14-31)25-28-19-22-33(23-20-28)41-37-18-10-17-34(37)36-26-29(21-24-38(36)41)27-39-40-32-15-8-3-9-16-32/h1-9,11-16,19-27,34,37,40H,10,17-18H2. The number of fused-ring (bicyclic) bond motifs is 3. The van der Waals surface area contributed by atoms with Crippen molar-refractivity contribution >= 4 is 34.9 Å². The third kappa shape index (κ3) is 5.19. The largest absolute Gasteiger partial charge is 0.338 e. The molecule has 0 amide bonds. The van der Waals surface area contributed by atoms with Gasteiger partial charge in [0.2, 0.25) is 0 Å². The molecule has 5 aromatic rings.